The third kappa shape index (κ3) is 26.3. The maximum Gasteiger partial charge on any atom is 0.139 e. The zero-order chi connectivity index (χ0) is 31.9. The Hall–Kier alpha value is -0.660. The minimum atomic E-state index is -0.525. The van der Waals surface area contributed by atoms with Gasteiger partial charge in [0.05, 0.1) is 0 Å². The molecule has 1 atom stereocenters. The monoisotopic (exact) mass is 605 g/mol. The highest BCUT2D eigenvalue weighted by molar-refractivity contribution is 5.91. The molecule has 0 aliphatic carbocycles. The van der Waals surface area contributed by atoms with E-state index >= 15 is 0 Å². The third-order valence-corrected chi connectivity index (χ3v) is 10.3. The van der Waals surface area contributed by atoms with Gasteiger partial charge >= 0.3 is 0 Å². The van der Waals surface area contributed by atoms with Crippen LogP contribution in [0.2, 0.25) is 0 Å². The maximum atomic E-state index is 13.0. The van der Waals surface area contributed by atoms with Gasteiger partial charge in [-0.05, 0) is 12.8 Å². The van der Waals surface area contributed by atoms with Gasteiger partial charge in [0.1, 0.15) is 11.6 Å². The summed E-state index contributed by atoms with van der Waals surface area (Å²) in [4.78, 5) is 25.9. The topological polar surface area (TPSA) is 34.1 Å². The fraction of sp³-hybridized carbons (Fsp3) is 0.951. The first-order valence-corrected chi connectivity index (χ1v) is 19.9. The van der Waals surface area contributed by atoms with Crippen molar-refractivity contribution in [3.05, 3.63) is 0 Å². The second kappa shape index (κ2) is 31.3. The van der Waals surface area contributed by atoms with E-state index in [0.29, 0.717) is 24.4 Å². The van der Waals surface area contributed by atoms with Crippen molar-refractivity contribution < 1.29 is 9.59 Å². The molecule has 0 bridgehead atoms. The Bertz CT molecular complexity index is 607. The highest BCUT2D eigenvalue weighted by atomic mass is 16.1. The van der Waals surface area contributed by atoms with E-state index in [0.717, 1.165) is 25.7 Å². The summed E-state index contributed by atoms with van der Waals surface area (Å²) >= 11 is 0. The molecule has 1 unspecified atom stereocenters. The van der Waals surface area contributed by atoms with Gasteiger partial charge in [0.2, 0.25) is 0 Å². The van der Waals surface area contributed by atoms with Crippen LogP contribution in [0.3, 0.4) is 0 Å². The number of hydrogen-bond donors (Lipinski definition) is 0. The van der Waals surface area contributed by atoms with Crippen molar-refractivity contribution in [1.29, 1.82) is 0 Å². The van der Waals surface area contributed by atoms with Crippen molar-refractivity contribution in [1.82, 2.24) is 0 Å². The molecule has 0 aliphatic heterocycles. The van der Waals surface area contributed by atoms with Crippen molar-refractivity contribution in [2.75, 3.05) is 0 Å². The number of rotatable bonds is 35. The number of unbranched alkanes of at least 4 members (excludes halogenated alkanes) is 28. The van der Waals surface area contributed by atoms with E-state index in [1.165, 1.54) is 167 Å². The molecule has 256 valence electrons. The third-order valence-electron chi connectivity index (χ3n) is 10.3. The first-order valence-electron chi connectivity index (χ1n) is 19.9. The van der Waals surface area contributed by atoms with Crippen molar-refractivity contribution in [2.45, 2.75) is 240 Å². The summed E-state index contributed by atoms with van der Waals surface area (Å²) in [6.45, 7) is 10.6. The van der Waals surface area contributed by atoms with Crippen molar-refractivity contribution >= 4 is 11.6 Å². The lowest BCUT2D eigenvalue weighted by Crippen LogP contribution is -2.36. The van der Waals surface area contributed by atoms with Gasteiger partial charge in [-0.15, -0.1) is 0 Å². The molecule has 0 aromatic carbocycles. The minimum Gasteiger partial charge on any atom is -0.299 e. The fourth-order valence-corrected chi connectivity index (χ4v) is 6.51. The Labute approximate surface area is 272 Å². The Kier molecular flexibility index (Phi) is 30.8. The van der Waals surface area contributed by atoms with E-state index < -0.39 is 5.41 Å². The van der Waals surface area contributed by atoms with Crippen LogP contribution in [0, 0.1) is 11.3 Å². The van der Waals surface area contributed by atoms with E-state index in [2.05, 4.69) is 13.8 Å². The van der Waals surface area contributed by atoms with E-state index in [9.17, 15) is 9.59 Å². The number of ketones is 2. The Morgan fingerprint density at radius 2 is 0.628 bits per heavy atom. The summed E-state index contributed by atoms with van der Waals surface area (Å²) < 4.78 is 0. The van der Waals surface area contributed by atoms with Crippen molar-refractivity contribution in [2.24, 2.45) is 11.3 Å². The molecule has 0 saturated heterocycles. The summed E-state index contributed by atoms with van der Waals surface area (Å²) in [5.41, 5.74) is -0.525. The normalized spacial score (nSPS) is 12.6. The van der Waals surface area contributed by atoms with Crippen LogP contribution in [0.1, 0.15) is 240 Å². The SMILES string of the molecule is CCCCCCCCCCCCCCCCCC(=O)C(C)C(C)(C)C(=O)CCCCCCCCCCCCCCCCC. The average molecular weight is 605 g/mol. The smallest absolute Gasteiger partial charge is 0.139 e. The molecule has 0 spiro atoms. The standard InChI is InChI=1S/C41H80O2/c1-6-8-10-12-14-16-18-20-22-24-26-28-30-32-34-36-39(42)38(3)41(4,5)40(43)37-35-33-31-29-27-25-23-21-19-17-15-13-11-9-7-2/h38H,6-37H2,1-5H3. The van der Waals surface area contributed by atoms with E-state index in [1.807, 2.05) is 20.8 Å². The molecule has 0 aromatic rings. The van der Waals surface area contributed by atoms with Gasteiger partial charge in [-0.3, -0.25) is 9.59 Å². The Morgan fingerprint density at radius 1 is 0.395 bits per heavy atom. The van der Waals surface area contributed by atoms with Gasteiger partial charge in [0.15, 0.2) is 0 Å². The predicted molar refractivity (Wildman–Crippen MR) is 192 cm³/mol. The van der Waals surface area contributed by atoms with Gasteiger partial charge < -0.3 is 0 Å². The number of Topliss-reactive ketones (excluding diaryl/α,β-unsaturated/α-hetero) is 2. The maximum absolute atomic E-state index is 13.0. The molecule has 43 heavy (non-hydrogen) atoms. The lowest BCUT2D eigenvalue weighted by molar-refractivity contribution is -0.137. The Morgan fingerprint density at radius 3 is 0.907 bits per heavy atom. The zero-order valence-corrected chi connectivity index (χ0v) is 30.5. The summed E-state index contributed by atoms with van der Waals surface area (Å²) in [5.74, 6) is 0.423. The minimum absolute atomic E-state index is 0.164. The average Bonchev–Trinajstić information content (AvgIpc) is 3.00. The predicted octanol–water partition coefficient (Wildman–Crippen LogP) is 14.3. The summed E-state index contributed by atoms with van der Waals surface area (Å²) in [6, 6.07) is 0. The molecule has 0 amide bonds. The molecular weight excluding hydrogens is 524 g/mol. The molecule has 0 saturated carbocycles. The molecule has 2 heteroatoms. The lowest BCUT2D eigenvalue weighted by atomic mass is 9.72. The Balaban J connectivity index is 3.67. The number of hydrogen-bond acceptors (Lipinski definition) is 2. The number of carbonyl (C=O) groups excluding carboxylic acids is 2. The second-order valence-corrected chi connectivity index (χ2v) is 14.7. The van der Waals surface area contributed by atoms with Crippen LogP contribution < -0.4 is 0 Å². The van der Waals surface area contributed by atoms with E-state index in [1.54, 1.807) is 0 Å². The van der Waals surface area contributed by atoms with Gasteiger partial charge in [-0.25, -0.2) is 0 Å². The van der Waals surface area contributed by atoms with E-state index in [4.69, 9.17) is 0 Å². The first-order chi connectivity index (χ1) is 20.9. The van der Waals surface area contributed by atoms with Gasteiger partial charge in [0.25, 0.3) is 0 Å². The summed E-state index contributed by atoms with van der Waals surface area (Å²) in [5, 5.41) is 0. The van der Waals surface area contributed by atoms with Crippen molar-refractivity contribution in [3.63, 3.8) is 0 Å². The van der Waals surface area contributed by atoms with Crippen LogP contribution in [0.5, 0.6) is 0 Å². The molecule has 0 N–H and O–H groups in total. The second-order valence-electron chi connectivity index (χ2n) is 14.7. The lowest BCUT2D eigenvalue weighted by Gasteiger charge is -2.29. The van der Waals surface area contributed by atoms with Crippen LogP contribution in [0.4, 0.5) is 0 Å². The van der Waals surface area contributed by atoms with E-state index in [-0.39, 0.29) is 5.92 Å². The largest absolute Gasteiger partial charge is 0.299 e. The van der Waals surface area contributed by atoms with Crippen LogP contribution in [0.15, 0.2) is 0 Å². The molecular formula is C41H80O2. The van der Waals surface area contributed by atoms with Crippen molar-refractivity contribution in [3.8, 4) is 0 Å². The number of carbonyl (C=O) groups is 2. The van der Waals surface area contributed by atoms with Crippen LogP contribution in [-0.2, 0) is 9.59 Å². The molecule has 0 rings (SSSR count). The van der Waals surface area contributed by atoms with Gasteiger partial charge in [0, 0.05) is 24.2 Å². The van der Waals surface area contributed by atoms with Crippen LogP contribution in [0.25, 0.3) is 0 Å². The molecule has 0 aromatic heterocycles. The molecule has 0 aliphatic rings. The highest BCUT2D eigenvalue weighted by Crippen LogP contribution is 2.32. The van der Waals surface area contributed by atoms with Crippen LogP contribution >= 0.6 is 0 Å². The highest BCUT2D eigenvalue weighted by Gasteiger charge is 2.36. The van der Waals surface area contributed by atoms with Gasteiger partial charge in [-0.1, -0.05) is 214 Å². The molecule has 0 heterocycles. The molecule has 0 radical (unpaired) electrons. The molecule has 2 nitrogen and oxygen atoms in total. The fourth-order valence-electron chi connectivity index (χ4n) is 6.51. The quantitative estimate of drug-likeness (QED) is 0.0674. The summed E-state index contributed by atoms with van der Waals surface area (Å²) in [7, 11) is 0. The van der Waals surface area contributed by atoms with Crippen LogP contribution in [-0.4, -0.2) is 11.6 Å². The van der Waals surface area contributed by atoms with Gasteiger partial charge in [-0.2, -0.15) is 0 Å². The molecule has 0 fully saturated rings. The first kappa shape index (κ1) is 42.3. The zero-order valence-electron chi connectivity index (χ0n) is 30.5. The summed E-state index contributed by atoms with van der Waals surface area (Å²) in [6.07, 6.45) is 41.5.